The fourth-order valence-electron chi connectivity index (χ4n) is 2.21. The number of hydrogen-bond donors (Lipinski definition) is 3. The maximum absolute atomic E-state index is 11.6. The van der Waals surface area contributed by atoms with Gasteiger partial charge in [0.25, 0.3) is 0 Å². The summed E-state index contributed by atoms with van der Waals surface area (Å²) in [5.41, 5.74) is 0. The Morgan fingerprint density at radius 2 is 2.00 bits per heavy atom. The van der Waals surface area contributed by atoms with E-state index in [0.717, 1.165) is 36.8 Å². The number of amides is 1. The van der Waals surface area contributed by atoms with Crippen LogP contribution in [0.15, 0.2) is 29.3 Å². The highest BCUT2D eigenvalue weighted by Gasteiger charge is 2.28. The van der Waals surface area contributed by atoms with Crippen LogP contribution in [0.1, 0.15) is 19.8 Å². The molecule has 1 aliphatic rings. The van der Waals surface area contributed by atoms with Crippen molar-refractivity contribution in [1.82, 2.24) is 16.0 Å². The number of rotatable bonds is 10. The van der Waals surface area contributed by atoms with Crippen molar-refractivity contribution < 1.29 is 14.3 Å². The summed E-state index contributed by atoms with van der Waals surface area (Å²) in [5, 5.41) is 9.29. The standard InChI is InChI=1S/C18H28N4O3/c1-3-19-18(21-10-9-20-17(23)14-7-8-14)22-11-12-25-16-6-4-5-15(13-16)24-2/h4-6,13-14H,3,7-12H2,1-2H3,(H,20,23)(H2,19,21,22). The van der Waals surface area contributed by atoms with Gasteiger partial charge in [0.05, 0.1) is 20.2 Å². The summed E-state index contributed by atoms with van der Waals surface area (Å²) in [6, 6.07) is 7.51. The summed E-state index contributed by atoms with van der Waals surface area (Å²) >= 11 is 0. The molecule has 7 heteroatoms. The highest BCUT2D eigenvalue weighted by molar-refractivity contribution is 5.81. The van der Waals surface area contributed by atoms with Crippen LogP contribution in [0.4, 0.5) is 0 Å². The van der Waals surface area contributed by atoms with Crippen LogP contribution in [0.2, 0.25) is 0 Å². The monoisotopic (exact) mass is 348 g/mol. The van der Waals surface area contributed by atoms with Crippen molar-refractivity contribution in [2.24, 2.45) is 10.9 Å². The predicted molar refractivity (Wildman–Crippen MR) is 98.2 cm³/mol. The minimum atomic E-state index is 0.153. The van der Waals surface area contributed by atoms with Crippen LogP contribution < -0.4 is 25.4 Å². The van der Waals surface area contributed by atoms with Gasteiger partial charge in [0.1, 0.15) is 18.1 Å². The van der Waals surface area contributed by atoms with E-state index in [1.54, 1.807) is 7.11 Å². The molecule has 0 aromatic heterocycles. The van der Waals surface area contributed by atoms with Crippen LogP contribution in [0.5, 0.6) is 11.5 Å². The Balaban J connectivity index is 1.65. The number of nitrogens with zero attached hydrogens (tertiary/aromatic N) is 1. The normalized spacial score (nSPS) is 13.9. The first-order valence-corrected chi connectivity index (χ1v) is 8.79. The molecular weight excluding hydrogens is 320 g/mol. The van der Waals surface area contributed by atoms with Gasteiger partial charge in [0.15, 0.2) is 5.96 Å². The van der Waals surface area contributed by atoms with Crippen molar-refractivity contribution in [2.45, 2.75) is 19.8 Å². The van der Waals surface area contributed by atoms with E-state index >= 15 is 0 Å². The molecule has 3 N–H and O–H groups in total. The van der Waals surface area contributed by atoms with E-state index in [1.807, 2.05) is 31.2 Å². The second-order valence-electron chi connectivity index (χ2n) is 5.78. The Morgan fingerprint density at radius 1 is 1.20 bits per heavy atom. The second-order valence-corrected chi connectivity index (χ2v) is 5.78. The molecule has 0 bridgehead atoms. The molecule has 0 spiro atoms. The average molecular weight is 348 g/mol. The van der Waals surface area contributed by atoms with Crippen molar-refractivity contribution in [3.8, 4) is 11.5 Å². The lowest BCUT2D eigenvalue weighted by atomic mass is 10.3. The van der Waals surface area contributed by atoms with Crippen molar-refractivity contribution >= 4 is 11.9 Å². The number of hydrogen-bond acceptors (Lipinski definition) is 4. The summed E-state index contributed by atoms with van der Waals surface area (Å²) in [6.07, 6.45) is 2.04. The van der Waals surface area contributed by atoms with Crippen molar-refractivity contribution in [3.63, 3.8) is 0 Å². The van der Waals surface area contributed by atoms with Crippen molar-refractivity contribution in [2.75, 3.05) is 39.9 Å². The van der Waals surface area contributed by atoms with E-state index in [4.69, 9.17) is 9.47 Å². The molecule has 1 saturated carbocycles. The van der Waals surface area contributed by atoms with Gasteiger partial charge in [-0.3, -0.25) is 9.79 Å². The fraction of sp³-hybridized carbons (Fsp3) is 0.556. The van der Waals surface area contributed by atoms with E-state index in [9.17, 15) is 4.79 Å². The molecule has 138 valence electrons. The van der Waals surface area contributed by atoms with Gasteiger partial charge in [-0.05, 0) is 31.9 Å². The van der Waals surface area contributed by atoms with Gasteiger partial charge >= 0.3 is 0 Å². The largest absolute Gasteiger partial charge is 0.497 e. The zero-order chi connectivity index (χ0) is 17.9. The van der Waals surface area contributed by atoms with Crippen molar-refractivity contribution in [3.05, 3.63) is 24.3 Å². The molecule has 0 aliphatic heterocycles. The smallest absolute Gasteiger partial charge is 0.223 e. The molecule has 1 fully saturated rings. The van der Waals surface area contributed by atoms with Gasteiger partial charge in [-0.25, -0.2) is 0 Å². The molecule has 0 saturated heterocycles. The molecule has 2 rings (SSSR count). The molecule has 1 aromatic rings. The first-order valence-electron chi connectivity index (χ1n) is 8.79. The SMILES string of the molecule is CCNC(=NCCNC(=O)C1CC1)NCCOc1cccc(OC)c1. The van der Waals surface area contributed by atoms with E-state index in [-0.39, 0.29) is 11.8 Å². The molecular formula is C18H28N4O3. The third kappa shape index (κ3) is 7.32. The van der Waals surface area contributed by atoms with Crippen LogP contribution >= 0.6 is 0 Å². The van der Waals surface area contributed by atoms with Crippen LogP contribution in [0.25, 0.3) is 0 Å². The lowest BCUT2D eigenvalue weighted by Gasteiger charge is -2.12. The summed E-state index contributed by atoms with van der Waals surface area (Å²) in [6.45, 7) is 5.03. The predicted octanol–water partition coefficient (Wildman–Crippen LogP) is 1.16. The molecule has 1 amide bonds. The van der Waals surface area contributed by atoms with Gasteiger partial charge < -0.3 is 25.4 Å². The summed E-state index contributed by atoms with van der Waals surface area (Å²) in [4.78, 5) is 16.0. The molecule has 1 aromatic carbocycles. The van der Waals surface area contributed by atoms with Crippen LogP contribution in [0.3, 0.4) is 0 Å². The first-order chi connectivity index (χ1) is 12.2. The minimum absolute atomic E-state index is 0.153. The molecule has 1 aliphatic carbocycles. The molecule has 0 heterocycles. The Hall–Kier alpha value is -2.44. The van der Waals surface area contributed by atoms with E-state index in [0.29, 0.717) is 26.2 Å². The zero-order valence-corrected chi connectivity index (χ0v) is 15.0. The van der Waals surface area contributed by atoms with Crippen LogP contribution in [-0.2, 0) is 4.79 Å². The maximum atomic E-state index is 11.6. The quantitative estimate of drug-likeness (QED) is 0.336. The molecule has 7 nitrogen and oxygen atoms in total. The molecule has 0 atom stereocenters. The van der Waals surface area contributed by atoms with E-state index in [1.165, 1.54) is 0 Å². The molecule has 0 radical (unpaired) electrons. The van der Waals surface area contributed by atoms with Crippen LogP contribution in [0, 0.1) is 5.92 Å². The average Bonchev–Trinajstić information content (AvgIpc) is 3.47. The number of carbonyl (C=O) groups excluding carboxylic acids is 1. The number of ether oxygens (including phenoxy) is 2. The first kappa shape index (κ1) is 18.9. The van der Waals surface area contributed by atoms with Gasteiger partial charge in [0, 0.05) is 25.1 Å². The number of aliphatic imine (C=N–C) groups is 1. The topological polar surface area (TPSA) is 84.0 Å². The number of guanidine groups is 1. The second kappa shape index (κ2) is 10.4. The number of benzene rings is 1. The van der Waals surface area contributed by atoms with Gasteiger partial charge in [0.2, 0.25) is 5.91 Å². The maximum Gasteiger partial charge on any atom is 0.223 e. The number of nitrogens with one attached hydrogen (secondary N) is 3. The Morgan fingerprint density at radius 3 is 2.72 bits per heavy atom. The highest BCUT2D eigenvalue weighted by Crippen LogP contribution is 2.28. The Bertz CT molecular complexity index is 573. The van der Waals surface area contributed by atoms with E-state index < -0.39 is 0 Å². The molecule has 0 unspecified atom stereocenters. The highest BCUT2D eigenvalue weighted by atomic mass is 16.5. The summed E-state index contributed by atoms with van der Waals surface area (Å²) in [7, 11) is 1.63. The lowest BCUT2D eigenvalue weighted by molar-refractivity contribution is -0.122. The van der Waals surface area contributed by atoms with Crippen LogP contribution in [-0.4, -0.2) is 51.8 Å². The van der Waals surface area contributed by atoms with Crippen molar-refractivity contribution in [1.29, 1.82) is 0 Å². The fourth-order valence-corrected chi connectivity index (χ4v) is 2.21. The minimum Gasteiger partial charge on any atom is -0.497 e. The van der Waals surface area contributed by atoms with Gasteiger partial charge in [-0.2, -0.15) is 0 Å². The third-order valence-corrected chi connectivity index (χ3v) is 3.68. The lowest BCUT2D eigenvalue weighted by Crippen LogP contribution is -2.40. The molecule has 25 heavy (non-hydrogen) atoms. The number of carbonyl (C=O) groups is 1. The Kier molecular flexibility index (Phi) is 7.88. The Labute approximate surface area is 149 Å². The van der Waals surface area contributed by atoms with Gasteiger partial charge in [-0.15, -0.1) is 0 Å². The number of methoxy groups -OCH3 is 1. The summed E-state index contributed by atoms with van der Waals surface area (Å²) < 4.78 is 10.9. The zero-order valence-electron chi connectivity index (χ0n) is 15.0. The van der Waals surface area contributed by atoms with E-state index in [2.05, 4.69) is 20.9 Å². The van der Waals surface area contributed by atoms with Gasteiger partial charge in [-0.1, -0.05) is 6.07 Å². The third-order valence-electron chi connectivity index (χ3n) is 3.68. The summed E-state index contributed by atoms with van der Waals surface area (Å²) in [5.74, 6) is 2.65.